The van der Waals surface area contributed by atoms with E-state index in [4.69, 9.17) is 4.74 Å². The number of amides is 2. The van der Waals surface area contributed by atoms with Crippen LogP contribution >= 0.6 is 23.1 Å². The van der Waals surface area contributed by atoms with Crippen molar-refractivity contribution in [2.24, 2.45) is 5.92 Å². The van der Waals surface area contributed by atoms with Crippen LogP contribution in [0.5, 0.6) is 5.75 Å². The quantitative estimate of drug-likeness (QED) is 0.205. The number of methoxy groups -OCH3 is 1. The molecule has 3 aromatic carbocycles. The third-order valence-corrected chi connectivity index (χ3v) is 8.80. The van der Waals surface area contributed by atoms with E-state index in [1.807, 2.05) is 84.2 Å². The summed E-state index contributed by atoms with van der Waals surface area (Å²) in [6.45, 7) is 0. The Hall–Kier alpha value is -3.62. The molecule has 5 rings (SSSR count). The van der Waals surface area contributed by atoms with Crippen molar-refractivity contribution < 1.29 is 14.3 Å². The molecule has 0 radical (unpaired) electrons. The molecule has 1 aliphatic carbocycles. The predicted octanol–water partition coefficient (Wildman–Crippen LogP) is 7.81. The van der Waals surface area contributed by atoms with Gasteiger partial charge in [-0.2, -0.15) is 0 Å². The van der Waals surface area contributed by atoms with Crippen LogP contribution < -0.4 is 15.4 Å². The highest BCUT2D eigenvalue weighted by molar-refractivity contribution is 8.00. The highest BCUT2D eigenvalue weighted by Crippen LogP contribution is 2.38. The lowest BCUT2D eigenvalue weighted by atomic mass is 9.88. The van der Waals surface area contributed by atoms with E-state index >= 15 is 0 Å². The zero-order valence-electron chi connectivity index (χ0n) is 21.8. The first-order valence-corrected chi connectivity index (χ1v) is 14.9. The molecule has 0 aliphatic heterocycles. The number of thiazole rings is 1. The Labute approximate surface area is 237 Å². The van der Waals surface area contributed by atoms with Crippen LogP contribution in [-0.2, 0) is 9.59 Å². The summed E-state index contributed by atoms with van der Waals surface area (Å²) in [6, 6.07) is 25.1. The number of benzene rings is 3. The minimum absolute atomic E-state index is 0.0824. The van der Waals surface area contributed by atoms with Gasteiger partial charge in [-0.25, -0.2) is 4.98 Å². The molecule has 6 nitrogen and oxygen atoms in total. The molecule has 1 atom stereocenters. The maximum atomic E-state index is 13.6. The second kappa shape index (κ2) is 13.0. The molecule has 2 amide bonds. The first-order chi connectivity index (χ1) is 19.1. The van der Waals surface area contributed by atoms with Crippen molar-refractivity contribution in [3.05, 3.63) is 89.8 Å². The van der Waals surface area contributed by atoms with E-state index in [1.165, 1.54) is 29.5 Å². The van der Waals surface area contributed by atoms with Gasteiger partial charge in [0, 0.05) is 27.4 Å². The number of hydrogen-bond donors (Lipinski definition) is 2. The van der Waals surface area contributed by atoms with E-state index in [0.29, 0.717) is 5.13 Å². The van der Waals surface area contributed by atoms with Crippen LogP contribution in [-0.4, -0.2) is 23.9 Å². The maximum Gasteiger partial charge on any atom is 0.244 e. The number of carbonyl (C=O) groups is 2. The van der Waals surface area contributed by atoms with Crippen LogP contribution in [0.3, 0.4) is 0 Å². The highest BCUT2D eigenvalue weighted by atomic mass is 32.2. The number of rotatable bonds is 9. The molecule has 39 heavy (non-hydrogen) atoms. The molecule has 1 aromatic heterocycles. The molecule has 1 heterocycles. The number of thioether (sulfide) groups is 1. The number of hydrogen-bond acceptors (Lipinski definition) is 6. The fraction of sp³-hybridized carbons (Fsp3) is 0.258. The lowest BCUT2D eigenvalue weighted by molar-refractivity contribution is -0.120. The number of anilines is 2. The van der Waals surface area contributed by atoms with Crippen LogP contribution in [0.2, 0.25) is 0 Å². The van der Waals surface area contributed by atoms with Gasteiger partial charge in [0.1, 0.15) is 11.0 Å². The molecule has 200 valence electrons. The van der Waals surface area contributed by atoms with Crippen molar-refractivity contribution in [1.82, 2.24) is 4.98 Å². The van der Waals surface area contributed by atoms with Gasteiger partial charge in [0.2, 0.25) is 11.8 Å². The first kappa shape index (κ1) is 27.0. The topological polar surface area (TPSA) is 80.3 Å². The lowest BCUT2D eigenvalue weighted by Gasteiger charge is -2.21. The molecule has 0 saturated heterocycles. The molecule has 1 aliphatic rings. The number of nitrogens with one attached hydrogen (secondary N) is 2. The average molecular weight is 558 g/mol. The average Bonchev–Trinajstić information content (AvgIpc) is 3.45. The monoisotopic (exact) mass is 557 g/mol. The molecule has 1 fully saturated rings. The van der Waals surface area contributed by atoms with E-state index in [-0.39, 0.29) is 17.7 Å². The molecule has 1 unspecified atom stereocenters. The zero-order chi connectivity index (χ0) is 27.0. The zero-order valence-corrected chi connectivity index (χ0v) is 23.4. The molecular weight excluding hydrogens is 526 g/mol. The van der Waals surface area contributed by atoms with Crippen molar-refractivity contribution in [3.63, 3.8) is 0 Å². The predicted molar refractivity (Wildman–Crippen MR) is 159 cm³/mol. The van der Waals surface area contributed by atoms with Crippen molar-refractivity contribution in [2.45, 2.75) is 42.2 Å². The van der Waals surface area contributed by atoms with Crippen LogP contribution in [0.25, 0.3) is 11.3 Å². The van der Waals surface area contributed by atoms with E-state index in [9.17, 15) is 9.59 Å². The minimum Gasteiger partial charge on any atom is -0.497 e. The van der Waals surface area contributed by atoms with Crippen molar-refractivity contribution in [3.8, 4) is 17.0 Å². The SMILES string of the molecule is COc1ccc(-c2csc(NC(=O)C(Sc3cccc(NC(=O)C4CCCCC4)c3)c3ccccc3)n2)cc1. The number of nitrogens with zero attached hydrogens (tertiary/aromatic N) is 1. The molecule has 0 spiro atoms. The smallest absolute Gasteiger partial charge is 0.244 e. The summed E-state index contributed by atoms with van der Waals surface area (Å²) in [7, 11) is 1.64. The summed E-state index contributed by atoms with van der Waals surface area (Å²) in [5.41, 5.74) is 3.40. The molecule has 1 saturated carbocycles. The third kappa shape index (κ3) is 7.07. The Morgan fingerprint density at radius 3 is 2.46 bits per heavy atom. The van der Waals surface area contributed by atoms with Crippen molar-refractivity contribution >= 4 is 45.7 Å². The van der Waals surface area contributed by atoms with Crippen LogP contribution in [0.15, 0.2) is 89.1 Å². The van der Waals surface area contributed by atoms with Gasteiger partial charge in [0.15, 0.2) is 5.13 Å². The largest absolute Gasteiger partial charge is 0.497 e. The second-order valence-corrected chi connectivity index (χ2v) is 11.6. The Bertz CT molecular complexity index is 1400. The molecular formula is C31H31N3O3S2. The van der Waals surface area contributed by atoms with E-state index < -0.39 is 5.25 Å². The Morgan fingerprint density at radius 1 is 0.949 bits per heavy atom. The Morgan fingerprint density at radius 2 is 1.72 bits per heavy atom. The maximum absolute atomic E-state index is 13.6. The number of aromatic nitrogens is 1. The van der Waals surface area contributed by atoms with Crippen LogP contribution in [0.4, 0.5) is 10.8 Å². The van der Waals surface area contributed by atoms with Gasteiger partial charge in [0.25, 0.3) is 0 Å². The van der Waals surface area contributed by atoms with Gasteiger partial charge >= 0.3 is 0 Å². The fourth-order valence-electron chi connectivity index (χ4n) is 4.69. The molecule has 2 N–H and O–H groups in total. The van der Waals surface area contributed by atoms with Crippen LogP contribution in [0, 0.1) is 5.92 Å². The summed E-state index contributed by atoms with van der Waals surface area (Å²) in [5.74, 6) is 0.797. The van der Waals surface area contributed by atoms with E-state index in [2.05, 4.69) is 15.6 Å². The van der Waals surface area contributed by atoms with Gasteiger partial charge in [-0.1, -0.05) is 55.7 Å². The number of ether oxygens (including phenoxy) is 1. The number of carbonyl (C=O) groups excluding carboxylic acids is 2. The summed E-state index contributed by atoms with van der Waals surface area (Å²) in [4.78, 5) is 31.9. The van der Waals surface area contributed by atoms with Crippen LogP contribution in [0.1, 0.15) is 42.9 Å². The molecule has 0 bridgehead atoms. The van der Waals surface area contributed by atoms with E-state index in [1.54, 1.807) is 7.11 Å². The summed E-state index contributed by atoms with van der Waals surface area (Å²) < 4.78 is 5.24. The highest BCUT2D eigenvalue weighted by Gasteiger charge is 2.24. The summed E-state index contributed by atoms with van der Waals surface area (Å²) in [5, 5.41) is 8.08. The Balaban J connectivity index is 1.30. The second-order valence-electron chi connectivity index (χ2n) is 9.52. The molecule has 4 aromatic rings. The molecule has 8 heteroatoms. The van der Waals surface area contributed by atoms with Crippen molar-refractivity contribution in [2.75, 3.05) is 17.7 Å². The summed E-state index contributed by atoms with van der Waals surface area (Å²) in [6.07, 6.45) is 5.34. The van der Waals surface area contributed by atoms with Gasteiger partial charge in [-0.05, 0) is 60.9 Å². The van der Waals surface area contributed by atoms with Crippen molar-refractivity contribution in [1.29, 1.82) is 0 Å². The third-order valence-electron chi connectivity index (χ3n) is 6.79. The lowest BCUT2D eigenvalue weighted by Crippen LogP contribution is -2.24. The minimum atomic E-state index is -0.496. The van der Waals surface area contributed by atoms with Gasteiger partial charge in [0.05, 0.1) is 12.8 Å². The van der Waals surface area contributed by atoms with Gasteiger partial charge in [-0.15, -0.1) is 23.1 Å². The fourth-order valence-corrected chi connectivity index (χ4v) is 6.50. The van der Waals surface area contributed by atoms with E-state index in [0.717, 1.165) is 58.8 Å². The normalized spacial score (nSPS) is 14.4. The summed E-state index contributed by atoms with van der Waals surface area (Å²) >= 11 is 2.85. The first-order valence-electron chi connectivity index (χ1n) is 13.1. The standard InChI is InChI=1S/C31H31N3O3S2/c1-37-25-17-15-21(16-18-25)27-20-38-31(33-27)34-30(36)28(22-9-4-2-5-10-22)39-26-14-8-13-24(19-26)32-29(35)23-11-6-3-7-12-23/h2,4-5,8-10,13-20,23,28H,3,6-7,11-12H2,1H3,(H,32,35)(H,33,34,36). The Kier molecular flexibility index (Phi) is 8.96. The van der Waals surface area contributed by atoms with Gasteiger partial charge < -0.3 is 15.4 Å². The van der Waals surface area contributed by atoms with Gasteiger partial charge in [-0.3, -0.25) is 9.59 Å².